The first kappa shape index (κ1) is 15.1. The highest BCUT2D eigenvalue weighted by molar-refractivity contribution is 8.07. The maximum absolute atomic E-state index is 12.7. The van der Waals surface area contributed by atoms with E-state index in [0.29, 0.717) is 5.56 Å². The molecule has 0 saturated carbocycles. The lowest BCUT2D eigenvalue weighted by molar-refractivity contribution is -0.137. The van der Waals surface area contributed by atoms with E-state index in [2.05, 4.69) is 0 Å². The molecule has 3 unspecified atom stereocenters. The van der Waals surface area contributed by atoms with Gasteiger partial charge in [-0.1, -0.05) is 19.1 Å². The van der Waals surface area contributed by atoms with E-state index in [-0.39, 0.29) is 10.5 Å². The van der Waals surface area contributed by atoms with Crippen molar-refractivity contribution in [2.75, 3.05) is 11.5 Å². The number of hydrogen-bond acceptors (Lipinski definition) is 3. The number of alkyl halides is 3. The maximum Gasteiger partial charge on any atom is 0.416 e. The van der Waals surface area contributed by atoms with Gasteiger partial charge in [0.1, 0.15) is 0 Å². The lowest BCUT2D eigenvalue weighted by atomic mass is 10.0. The largest absolute Gasteiger partial charge is 0.416 e. The van der Waals surface area contributed by atoms with Crippen molar-refractivity contribution in [2.24, 2.45) is 0 Å². The summed E-state index contributed by atoms with van der Waals surface area (Å²) in [5.41, 5.74) is -0.355. The SMILES string of the molecule is CC1SCCSC1C(O)c1cccc(C(F)(F)F)c1. The smallest absolute Gasteiger partial charge is 0.387 e. The second-order valence-corrected chi connectivity index (χ2v) is 7.25. The molecule has 106 valence electrons. The molecule has 1 aromatic rings. The first-order valence-corrected chi connectivity index (χ1v) is 8.08. The Morgan fingerprint density at radius 1 is 1.26 bits per heavy atom. The third-order valence-corrected chi connectivity index (χ3v) is 6.28. The highest BCUT2D eigenvalue weighted by Crippen LogP contribution is 2.39. The third-order valence-electron chi connectivity index (χ3n) is 3.10. The highest BCUT2D eigenvalue weighted by atomic mass is 32.2. The van der Waals surface area contributed by atoms with Crippen LogP contribution >= 0.6 is 23.5 Å². The van der Waals surface area contributed by atoms with E-state index < -0.39 is 17.8 Å². The number of aliphatic hydroxyl groups excluding tert-OH is 1. The normalized spacial score (nSPS) is 26.2. The van der Waals surface area contributed by atoms with Crippen molar-refractivity contribution in [3.05, 3.63) is 35.4 Å². The molecule has 1 aromatic carbocycles. The maximum atomic E-state index is 12.7. The molecule has 1 fully saturated rings. The molecule has 6 heteroatoms. The van der Waals surface area contributed by atoms with Crippen LogP contribution in [0.4, 0.5) is 13.2 Å². The molecule has 0 aliphatic carbocycles. The molecule has 0 spiro atoms. The van der Waals surface area contributed by atoms with Gasteiger partial charge in [0.05, 0.1) is 11.7 Å². The minimum Gasteiger partial charge on any atom is -0.387 e. The molecule has 2 rings (SSSR count). The lowest BCUT2D eigenvalue weighted by Gasteiger charge is -2.32. The van der Waals surface area contributed by atoms with Crippen molar-refractivity contribution in [3.8, 4) is 0 Å². The first-order chi connectivity index (χ1) is 8.89. The fraction of sp³-hybridized carbons (Fsp3) is 0.538. The lowest BCUT2D eigenvalue weighted by Crippen LogP contribution is -2.29. The molecule has 0 bridgehead atoms. The van der Waals surface area contributed by atoms with Gasteiger partial charge in [-0.25, -0.2) is 0 Å². The Balaban J connectivity index is 2.21. The average molecular weight is 308 g/mol. The molecular formula is C13H15F3OS2. The van der Waals surface area contributed by atoms with Gasteiger partial charge in [-0.3, -0.25) is 0 Å². The summed E-state index contributed by atoms with van der Waals surface area (Å²) in [5, 5.41) is 10.5. The van der Waals surface area contributed by atoms with Gasteiger partial charge in [0.15, 0.2) is 0 Å². The van der Waals surface area contributed by atoms with Crippen LogP contribution in [0.1, 0.15) is 24.2 Å². The molecule has 1 nitrogen and oxygen atoms in total. The summed E-state index contributed by atoms with van der Waals surface area (Å²) in [4.78, 5) is 0. The number of thioether (sulfide) groups is 2. The fourth-order valence-electron chi connectivity index (χ4n) is 2.09. The molecule has 1 aliphatic rings. The zero-order chi connectivity index (χ0) is 14.0. The molecule has 19 heavy (non-hydrogen) atoms. The Bertz CT molecular complexity index is 436. The van der Waals surface area contributed by atoms with E-state index in [9.17, 15) is 18.3 Å². The minimum absolute atomic E-state index is 0.0535. The molecule has 0 radical (unpaired) electrons. The van der Waals surface area contributed by atoms with E-state index in [0.717, 1.165) is 23.6 Å². The van der Waals surface area contributed by atoms with Gasteiger partial charge in [-0.15, -0.1) is 0 Å². The molecule has 1 N–H and O–H groups in total. The number of benzene rings is 1. The summed E-state index contributed by atoms with van der Waals surface area (Å²) in [6.07, 6.45) is -5.22. The summed E-state index contributed by atoms with van der Waals surface area (Å²) in [7, 11) is 0. The van der Waals surface area contributed by atoms with Crippen LogP contribution in [-0.2, 0) is 6.18 Å². The third kappa shape index (κ3) is 3.61. The summed E-state index contributed by atoms with van der Waals surface area (Å²) in [5.74, 6) is 1.95. The fourth-order valence-corrected chi connectivity index (χ4v) is 4.92. The van der Waals surface area contributed by atoms with Crippen molar-refractivity contribution in [1.29, 1.82) is 0 Å². The zero-order valence-electron chi connectivity index (χ0n) is 10.4. The summed E-state index contributed by atoms with van der Waals surface area (Å²) in [6, 6.07) is 5.00. The Morgan fingerprint density at radius 2 is 1.95 bits per heavy atom. The van der Waals surface area contributed by atoms with Crippen LogP contribution < -0.4 is 0 Å². The first-order valence-electron chi connectivity index (χ1n) is 5.98. The standard InChI is InChI=1S/C13H15F3OS2/c1-8-12(19-6-5-18-8)11(17)9-3-2-4-10(7-9)13(14,15)16/h2-4,7-8,11-12,17H,5-6H2,1H3. The van der Waals surface area contributed by atoms with Gasteiger partial charge < -0.3 is 5.11 Å². The number of aliphatic hydroxyl groups is 1. The van der Waals surface area contributed by atoms with Crippen LogP contribution in [-0.4, -0.2) is 27.1 Å². The van der Waals surface area contributed by atoms with Crippen molar-refractivity contribution in [3.63, 3.8) is 0 Å². The number of hydrogen-bond donors (Lipinski definition) is 1. The Kier molecular flexibility index (Phi) is 4.74. The van der Waals surface area contributed by atoms with Crippen LogP contribution in [0.2, 0.25) is 0 Å². The van der Waals surface area contributed by atoms with Crippen LogP contribution in [0, 0.1) is 0 Å². The number of halogens is 3. The Morgan fingerprint density at radius 3 is 2.58 bits per heavy atom. The Labute approximate surface area is 119 Å². The predicted octanol–water partition coefficient (Wildman–Crippen LogP) is 3.98. The predicted molar refractivity (Wildman–Crippen MR) is 74.6 cm³/mol. The van der Waals surface area contributed by atoms with E-state index in [1.54, 1.807) is 29.6 Å². The quantitative estimate of drug-likeness (QED) is 0.892. The van der Waals surface area contributed by atoms with Gasteiger partial charge >= 0.3 is 6.18 Å². The van der Waals surface area contributed by atoms with Gasteiger partial charge in [-0.2, -0.15) is 36.7 Å². The zero-order valence-corrected chi connectivity index (χ0v) is 12.0. The average Bonchev–Trinajstić information content (AvgIpc) is 2.38. The van der Waals surface area contributed by atoms with E-state index in [4.69, 9.17) is 0 Å². The molecule has 1 heterocycles. The summed E-state index contributed by atoms with van der Waals surface area (Å²) in [6.45, 7) is 2.01. The molecular weight excluding hydrogens is 293 g/mol. The van der Waals surface area contributed by atoms with E-state index in [1.807, 2.05) is 6.92 Å². The number of rotatable bonds is 2. The van der Waals surface area contributed by atoms with Crippen LogP contribution in [0.15, 0.2) is 24.3 Å². The van der Waals surface area contributed by atoms with Crippen molar-refractivity contribution >= 4 is 23.5 Å². The van der Waals surface area contributed by atoms with Crippen molar-refractivity contribution < 1.29 is 18.3 Å². The second-order valence-electron chi connectivity index (χ2n) is 4.48. The van der Waals surface area contributed by atoms with Gasteiger partial charge in [0, 0.05) is 22.0 Å². The molecule has 1 saturated heterocycles. The second kappa shape index (κ2) is 5.97. The van der Waals surface area contributed by atoms with Gasteiger partial charge in [0.25, 0.3) is 0 Å². The van der Waals surface area contributed by atoms with Crippen LogP contribution in [0.5, 0.6) is 0 Å². The summed E-state index contributed by atoms with van der Waals surface area (Å²) >= 11 is 3.39. The summed E-state index contributed by atoms with van der Waals surface area (Å²) < 4.78 is 38.0. The van der Waals surface area contributed by atoms with Gasteiger partial charge in [-0.05, 0) is 17.7 Å². The van der Waals surface area contributed by atoms with E-state index in [1.165, 1.54) is 6.07 Å². The minimum atomic E-state index is -4.37. The topological polar surface area (TPSA) is 20.2 Å². The molecule has 3 atom stereocenters. The molecule has 0 aromatic heterocycles. The molecule has 1 aliphatic heterocycles. The van der Waals surface area contributed by atoms with E-state index >= 15 is 0 Å². The molecule has 0 amide bonds. The Hall–Kier alpha value is -0.330. The monoisotopic (exact) mass is 308 g/mol. The van der Waals surface area contributed by atoms with Crippen LogP contribution in [0.25, 0.3) is 0 Å². The van der Waals surface area contributed by atoms with Crippen LogP contribution in [0.3, 0.4) is 0 Å². The van der Waals surface area contributed by atoms with Crippen molar-refractivity contribution in [2.45, 2.75) is 29.7 Å². The highest BCUT2D eigenvalue weighted by Gasteiger charge is 2.33. The van der Waals surface area contributed by atoms with Gasteiger partial charge in [0.2, 0.25) is 0 Å². The van der Waals surface area contributed by atoms with Crippen molar-refractivity contribution in [1.82, 2.24) is 0 Å².